The van der Waals surface area contributed by atoms with Gasteiger partial charge < -0.3 is 43.2 Å². The summed E-state index contributed by atoms with van der Waals surface area (Å²) < 4.78 is 0. The van der Waals surface area contributed by atoms with Gasteiger partial charge in [0.15, 0.2) is 0 Å². The largest absolute Gasteiger partial charge is 0.480 e. The molecule has 11 N–H and O–H groups in total. The Hall–Kier alpha value is -4.11. The van der Waals surface area contributed by atoms with Crippen LogP contribution in [0.3, 0.4) is 0 Å². The van der Waals surface area contributed by atoms with Crippen molar-refractivity contribution < 1.29 is 33.9 Å². The topological polar surface area (TPSA) is 253 Å². The highest BCUT2D eigenvalue weighted by molar-refractivity contribution is 7.80. The van der Waals surface area contributed by atoms with Crippen molar-refractivity contribution in [3.63, 3.8) is 0 Å². The molecule has 4 unspecified atom stereocenters. The van der Waals surface area contributed by atoms with Crippen LogP contribution in [0.15, 0.2) is 30.5 Å². The second-order valence-electron chi connectivity index (χ2n) is 8.22. The van der Waals surface area contributed by atoms with Gasteiger partial charge in [-0.3, -0.25) is 24.0 Å². The fraction of sp³-hybridized carbons (Fsp3) is 0.364. The van der Waals surface area contributed by atoms with Crippen LogP contribution >= 0.6 is 12.6 Å². The van der Waals surface area contributed by atoms with Gasteiger partial charge in [-0.25, -0.2) is 4.79 Å². The minimum absolute atomic E-state index is 0.0653. The lowest BCUT2D eigenvalue weighted by molar-refractivity contribution is -0.141. The average Bonchev–Trinajstić information content (AvgIpc) is 3.23. The van der Waals surface area contributed by atoms with Crippen molar-refractivity contribution in [3.8, 4) is 0 Å². The first-order valence-corrected chi connectivity index (χ1v) is 11.7. The number of carbonyl (C=O) groups is 6. The molecule has 4 atom stereocenters. The summed E-state index contributed by atoms with van der Waals surface area (Å²) in [5.41, 5.74) is 17.4. The molecule has 37 heavy (non-hydrogen) atoms. The molecule has 1 heterocycles. The van der Waals surface area contributed by atoms with Crippen LogP contribution in [0.5, 0.6) is 0 Å². The number of primary amides is 2. The van der Waals surface area contributed by atoms with E-state index >= 15 is 0 Å². The lowest BCUT2D eigenvalue weighted by Crippen LogP contribution is -2.58. The Labute approximate surface area is 216 Å². The second-order valence-corrected chi connectivity index (χ2v) is 8.58. The predicted octanol–water partition coefficient (Wildman–Crippen LogP) is -2.74. The number of hydrogen-bond donors (Lipinski definition) is 9. The molecular formula is C22H29N7O7S. The normalized spacial score (nSPS) is 14.1. The number of para-hydroxylation sites is 1. The summed E-state index contributed by atoms with van der Waals surface area (Å²) in [4.78, 5) is 75.5. The van der Waals surface area contributed by atoms with Gasteiger partial charge in [-0.2, -0.15) is 12.6 Å². The molecule has 200 valence electrons. The summed E-state index contributed by atoms with van der Waals surface area (Å²) in [5.74, 6) is -6.12. The summed E-state index contributed by atoms with van der Waals surface area (Å²) in [6.07, 6.45) is 0.452. The van der Waals surface area contributed by atoms with Gasteiger partial charge in [0, 0.05) is 29.3 Å². The number of rotatable bonds is 14. The SMILES string of the molecule is NC(=O)CC(N)C(=O)NC(Cc1c[nH]c2ccccc12)C(=O)NC(CC(N)=O)C(=O)NC(CS)C(=O)O. The summed E-state index contributed by atoms with van der Waals surface area (Å²) in [7, 11) is 0. The van der Waals surface area contributed by atoms with E-state index in [9.17, 15) is 28.8 Å². The molecule has 0 saturated carbocycles. The van der Waals surface area contributed by atoms with Gasteiger partial charge >= 0.3 is 5.97 Å². The molecule has 0 aliphatic heterocycles. The molecule has 0 saturated heterocycles. The van der Waals surface area contributed by atoms with Crippen LogP contribution in [0.4, 0.5) is 0 Å². The van der Waals surface area contributed by atoms with E-state index < -0.39 is 72.5 Å². The Morgan fingerprint density at radius 2 is 1.43 bits per heavy atom. The highest BCUT2D eigenvalue weighted by Crippen LogP contribution is 2.19. The molecule has 5 amide bonds. The third-order valence-electron chi connectivity index (χ3n) is 5.33. The van der Waals surface area contributed by atoms with Crippen LogP contribution in [-0.4, -0.2) is 75.5 Å². The molecule has 0 aliphatic rings. The lowest BCUT2D eigenvalue weighted by Gasteiger charge is -2.24. The first kappa shape index (κ1) is 29.1. The average molecular weight is 536 g/mol. The zero-order valence-electron chi connectivity index (χ0n) is 19.6. The van der Waals surface area contributed by atoms with Crippen molar-refractivity contribution in [2.75, 3.05) is 5.75 Å². The van der Waals surface area contributed by atoms with Gasteiger partial charge in [-0.1, -0.05) is 18.2 Å². The molecule has 2 rings (SSSR count). The Balaban J connectivity index is 2.31. The van der Waals surface area contributed by atoms with Crippen LogP contribution < -0.4 is 33.2 Å². The van der Waals surface area contributed by atoms with E-state index in [1.807, 2.05) is 6.07 Å². The van der Waals surface area contributed by atoms with Crippen LogP contribution in [0.1, 0.15) is 18.4 Å². The maximum Gasteiger partial charge on any atom is 0.327 e. The van der Waals surface area contributed by atoms with E-state index in [0.717, 1.165) is 10.9 Å². The summed E-state index contributed by atoms with van der Waals surface area (Å²) in [6.45, 7) is 0. The molecule has 2 aromatic rings. The number of carboxylic acid groups (broad SMARTS) is 1. The van der Waals surface area contributed by atoms with Crippen LogP contribution in [0.25, 0.3) is 10.9 Å². The summed E-state index contributed by atoms with van der Waals surface area (Å²) >= 11 is 3.86. The van der Waals surface area contributed by atoms with Gasteiger partial charge in [0.1, 0.15) is 18.1 Å². The minimum atomic E-state index is -1.55. The van der Waals surface area contributed by atoms with E-state index in [4.69, 9.17) is 22.3 Å². The number of aromatic amines is 1. The number of carboxylic acids is 1. The summed E-state index contributed by atoms with van der Waals surface area (Å²) in [5, 5.41) is 16.9. The fourth-order valence-corrected chi connectivity index (χ4v) is 3.71. The van der Waals surface area contributed by atoms with Crippen LogP contribution in [-0.2, 0) is 35.2 Å². The molecule has 15 heteroatoms. The van der Waals surface area contributed by atoms with Gasteiger partial charge in [0.05, 0.1) is 18.9 Å². The number of aliphatic carboxylic acids is 1. The number of aromatic nitrogens is 1. The van der Waals surface area contributed by atoms with Crippen molar-refractivity contribution in [2.45, 2.75) is 43.4 Å². The first-order chi connectivity index (χ1) is 17.4. The van der Waals surface area contributed by atoms with Gasteiger partial charge in [-0.15, -0.1) is 0 Å². The third-order valence-corrected chi connectivity index (χ3v) is 5.69. The maximum absolute atomic E-state index is 13.2. The van der Waals surface area contributed by atoms with Crippen molar-refractivity contribution in [2.24, 2.45) is 17.2 Å². The van der Waals surface area contributed by atoms with E-state index in [-0.39, 0.29) is 12.2 Å². The maximum atomic E-state index is 13.2. The molecule has 0 aliphatic carbocycles. The van der Waals surface area contributed by atoms with Crippen molar-refractivity contribution in [3.05, 3.63) is 36.0 Å². The molecule has 0 fully saturated rings. The van der Waals surface area contributed by atoms with E-state index in [0.29, 0.717) is 5.56 Å². The molecule has 1 aromatic heterocycles. The van der Waals surface area contributed by atoms with Crippen molar-refractivity contribution >= 4 is 59.0 Å². The van der Waals surface area contributed by atoms with Crippen molar-refractivity contribution in [1.82, 2.24) is 20.9 Å². The zero-order valence-corrected chi connectivity index (χ0v) is 20.5. The number of benzene rings is 1. The molecule has 14 nitrogen and oxygen atoms in total. The fourth-order valence-electron chi connectivity index (χ4n) is 3.46. The minimum Gasteiger partial charge on any atom is -0.480 e. The molecule has 0 spiro atoms. The second kappa shape index (κ2) is 13.3. The quantitative estimate of drug-likeness (QED) is 0.114. The molecule has 0 bridgehead atoms. The Morgan fingerprint density at radius 1 is 0.865 bits per heavy atom. The smallest absolute Gasteiger partial charge is 0.327 e. The van der Waals surface area contributed by atoms with Crippen molar-refractivity contribution in [1.29, 1.82) is 0 Å². The number of thiol groups is 1. The number of hydrogen-bond acceptors (Lipinski definition) is 8. The number of nitrogens with two attached hydrogens (primary N) is 3. The summed E-state index contributed by atoms with van der Waals surface area (Å²) in [6, 6.07) is 1.60. The highest BCUT2D eigenvalue weighted by Gasteiger charge is 2.31. The third kappa shape index (κ3) is 8.50. The molecule has 1 aromatic carbocycles. The number of amides is 5. The first-order valence-electron chi connectivity index (χ1n) is 11.0. The molecule has 0 radical (unpaired) electrons. The number of H-pyrrole nitrogens is 1. The highest BCUT2D eigenvalue weighted by atomic mass is 32.1. The van der Waals surface area contributed by atoms with Crippen LogP contribution in [0.2, 0.25) is 0 Å². The monoisotopic (exact) mass is 535 g/mol. The Morgan fingerprint density at radius 3 is 2.03 bits per heavy atom. The van der Waals surface area contributed by atoms with Gasteiger partial charge in [0.25, 0.3) is 0 Å². The predicted molar refractivity (Wildman–Crippen MR) is 135 cm³/mol. The Bertz CT molecular complexity index is 1190. The molecular weight excluding hydrogens is 506 g/mol. The number of carbonyl (C=O) groups excluding carboxylic acids is 5. The number of fused-ring (bicyclic) bond motifs is 1. The number of nitrogens with one attached hydrogen (secondary N) is 4. The van der Waals surface area contributed by atoms with E-state index in [1.54, 1.807) is 24.4 Å². The van der Waals surface area contributed by atoms with Crippen LogP contribution in [0, 0.1) is 0 Å². The van der Waals surface area contributed by atoms with Gasteiger partial charge in [-0.05, 0) is 11.6 Å². The Kier molecular flexibility index (Phi) is 10.4. The standard InChI is InChI=1S/C22H29N7O7S/c23-12(6-17(24)30)19(32)27-14(5-10-8-26-13-4-2-1-3-11(10)13)20(33)28-15(7-18(25)31)21(34)29-16(9-37)22(35)36/h1-4,8,12,14-16,26,37H,5-7,9,23H2,(H2,24,30)(H2,25,31)(H,27,32)(H,28,33)(H,29,34)(H,35,36). The lowest BCUT2D eigenvalue weighted by atomic mass is 10.0. The zero-order chi connectivity index (χ0) is 27.7. The van der Waals surface area contributed by atoms with E-state index in [2.05, 4.69) is 33.6 Å². The van der Waals surface area contributed by atoms with Gasteiger partial charge in [0.2, 0.25) is 29.5 Å². The van der Waals surface area contributed by atoms with E-state index in [1.165, 1.54) is 0 Å².